The molecule has 0 bridgehead atoms. The number of thiophene rings is 1. The number of nitrogens with one attached hydrogen (secondary N) is 2. The molecule has 0 aliphatic heterocycles. The van der Waals surface area contributed by atoms with Crippen LogP contribution in [0, 0.1) is 0 Å². The SMILES string of the molecule is CCCCCNC(=O)CNC(=O)c1cccs1. The van der Waals surface area contributed by atoms with E-state index < -0.39 is 0 Å². The van der Waals surface area contributed by atoms with Gasteiger partial charge in [0.1, 0.15) is 0 Å². The average molecular weight is 254 g/mol. The van der Waals surface area contributed by atoms with Gasteiger partial charge in [-0.2, -0.15) is 0 Å². The first-order chi connectivity index (χ1) is 8.24. The monoisotopic (exact) mass is 254 g/mol. The maximum absolute atomic E-state index is 11.5. The zero-order valence-corrected chi connectivity index (χ0v) is 10.8. The Kier molecular flexibility index (Phi) is 6.32. The van der Waals surface area contributed by atoms with Gasteiger partial charge >= 0.3 is 0 Å². The van der Waals surface area contributed by atoms with E-state index in [0.717, 1.165) is 19.3 Å². The molecule has 5 heteroatoms. The Morgan fingerprint density at radius 3 is 2.76 bits per heavy atom. The molecule has 1 aromatic heterocycles. The third-order valence-corrected chi connectivity index (χ3v) is 3.13. The van der Waals surface area contributed by atoms with Crippen LogP contribution in [0.25, 0.3) is 0 Å². The summed E-state index contributed by atoms with van der Waals surface area (Å²) in [6.07, 6.45) is 3.23. The van der Waals surface area contributed by atoms with Gasteiger partial charge in [-0.25, -0.2) is 0 Å². The summed E-state index contributed by atoms with van der Waals surface area (Å²) in [7, 11) is 0. The highest BCUT2D eigenvalue weighted by Crippen LogP contribution is 2.07. The normalized spacial score (nSPS) is 9.94. The van der Waals surface area contributed by atoms with Crippen LogP contribution < -0.4 is 10.6 Å². The summed E-state index contributed by atoms with van der Waals surface area (Å²) in [5.74, 6) is -0.324. The molecule has 2 N–H and O–H groups in total. The van der Waals surface area contributed by atoms with Crippen molar-refractivity contribution in [1.29, 1.82) is 0 Å². The second-order valence-electron chi connectivity index (χ2n) is 3.72. The fraction of sp³-hybridized carbons (Fsp3) is 0.500. The number of amides is 2. The largest absolute Gasteiger partial charge is 0.355 e. The lowest BCUT2D eigenvalue weighted by Gasteiger charge is -2.05. The maximum Gasteiger partial charge on any atom is 0.261 e. The van der Waals surface area contributed by atoms with Gasteiger partial charge in [0.15, 0.2) is 0 Å². The molecule has 1 rings (SSSR count). The Balaban J connectivity index is 2.13. The van der Waals surface area contributed by atoms with Gasteiger partial charge in [-0.05, 0) is 17.9 Å². The molecule has 94 valence electrons. The van der Waals surface area contributed by atoms with Crippen molar-refractivity contribution in [3.63, 3.8) is 0 Å². The lowest BCUT2D eigenvalue weighted by Crippen LogP contribution is -2.37. The van der Waals surface area contributed by atoms with Crippen molar-refractivity contribution in [2.75, 3.05) is 13.1 Å². The van der Waals surface area contributed by atoms with E-state index in [2.05, 4.69) is 17.6 Å². The predicted octanol–water partition coefficient (Wildman–Crippen LogP) is 1.78. The second kappa shape index (κ2) is 7.84. The first kappa shape index (κ1) is 13.7. The fourth-order valence-electron chi connectivity index (χ4n) is 1.32. The number of hydrogen-bond donors (Lipinski definition) is 2. The van der Waals surface area contributed by atoms with Gasteiger partial charge in [-0.3, -0.25) is 9.59 Å². The van der Waals surface area contributed by atoms with Gasteiger partial charge in [0.05, 0.1) is 11.4 Å². The zero-order chi connectivity index (χ0) is 12.5. The molecule has 1 heterocycles. The Morgan fingerprint density at radius 1 is 1.29 bits per heavy atom. The molecule has 0 aromatic carbocycles. The van der Waals surface area contributed by atoms with Crippen LogP contribution in [0.15, 0.2) is 17.5 Å². The number of carbonyl (C=O) groups is 2. The lowest BCUT2D eigenvalue weighted by atomic mass is 10.2. The molecule has 0 saturated heterocycles. The number of rotatable bonds is 7. The van der Waals surface area contributed by atoms with E-state index in [1.165, 1.54) is 11.3 Å². The summed E-state index contributed by atoms with van der Waals surface area (Å²) >= 11 is 1.36. The quantitative estimate of drug-likeness (QED) is 0.729. The lowest BCUT2D eigenvalue weighted by molar-refractivity contribution is -0.120. The van der Waals surface area contributed by atoms with Crippen molar-refractivity contribution in [2.24, 2.45) is 0 Å². The highest BCUT2D eigenvalue weighted by atomic mass is 32.1. The standard InChI is InChI=1S/C12H18N2O2S/c1-2-3-4-7-13-11(15)9-14-12(16)10-6-5-8-17-10/h5-6,8H,2-4,7,9H2,1H3,(H,13,15)(H,14,16). The Morgan fingerprint density at radius 2 is 2.12 bits per heavy atom. The Bertz CT molecular complexity index is 349. The van der Waals surface area contributed by atoms with Crippen LogP contribution in [0.2, 0.25) is 0 Å². The third-order valence-electron chi connectivity index (χ3n) is 2.26. The molecule has 17 heavy (non-hydrogen) atoms. The van der Waals surface area contributed by atoms with Crippen LogP contribution in [-0.4, -0.2) is 24.9 Å². The van der Waals surface area contributed by atoms with Gasteiger partial charge < -0.3 is 10.6 Å². The van der Waals surface area contributed by atoms with Gasteiger partial charge in [0.25, 0.3) is 5.91 Å². The van der Waals surface area contributed by atoms with Crippen molar-refractivity contribution >= 4 is 23.2 Å². The molecule has 0 aliphatic carbocycles. The van der Waals surface area contributed by atoms with Crippen LogP contribution in [0.1, 0.15) is 35.9 Å². The smallest absolute Gasteiger partial charge is 0.261 e. The minimum atomic E-state index is -0.191. The van der Waals surface area contributed by atoms with E-state index in [4.69, 9.17) is 0 Å². The molecular weight excluding hydrogens is 236 g/mol. The first-order valence-corrected chi connectivity index (χ1v) is 6.70. The summed E-state index contributed by atoms with van der Waals surface area (Å²) in [5.41, 5.74) is 0. The molecule has 0 radical (unpaired) electrons. The van der Waals surface area contributed by atoms with Crippen molar-refractivity contribution in [3.05, 3.63) is 22.4 Å². The summed E-state index contributed by atoms with van der Waals surface area (Å²) in [6.45, 7) is 2.84. The molecular formula is C12H18N2O2S. The number of hydrogen-bond acceptors (Lipinski definition) is 3. The summed E-state index contributed by atoms with van der Waals surface area (Å²) < 4.78 is 0. The fourth-order valence-corrected chi connectivity index (χ4v) is 1.96. The van der Waals surface area contributed by atoms with Crippen LogP contribution >= 0.6 is 11.3 Å². The summed E-state index contributed by atoms with van der Waals surface area (Å²) in [4.78, 5) is 23.5. The molecule has 0 spiro atoms. The molecule has 0 atom stereocenters. The predicted molar refractivity (Wildman–Crippen MR) is 69.2 cm³/mol. The van der Waals surface area contributed by atoms with E-state index in [1.54, 1.807) is 6.07 Å². The maximum atomic E-state index is 11.5. The van der Waals surface area contributed by atoms with Gasteiger partial charge in [0, 0.05) is 6.54 Å². The van der Waals surface area contributed by atoms with E-state index in [9.17, 15) is 9.59 Å². The molecule has 2 amide bonds. The zero-order valence-electron chi connectivity index (χ0n) is 9.99. The van der Waals surface area contributed by atoms with E-state index in [0.29, 0.717) is 11.4 Å². The van der Waals surface area contributed by atoms with E-state index >= 15 is 0 Å². The van der Waals surface area contributed by atoms with Crippen molar-refractivity contribution in [2.45, 2.75) is 26.2 Å². The van der Waals surface area contributed by atoms with Crippen molar-refractivity contribution < 1.29 is 9.59 Å². The third kappa shape index (κ3) is 5.49. The highest BCUT2D eigenvalue weighted by Gasteiger charge is 2.07. The summed E-state index contributed by atoms with van der Waals surface area (Å²) in [5, 5.41) is 7.19. The van der Waals surface area contributed by atoms with E-state index in [1.807, 2.05) is 11.4 Å². The number of unbranched alkanes of at least 4 members (excludes halogenated alkanes) is 2. The molecule has 0 unspecified atom stereocenters. The minimum absolute atomic E-state index is 0.0445. The topological polar surface area (TPSA) is 58.2 Å². The van der Waals surface area contributed by atoms with Crippen LogP contribution in [0.3, 0.4) is 0 Å². The molecule has 0 fully saturated rings. The van der Waals surface area contributed by atoms with E-state index in [-0.39, 0.29) is 18.4 Å². The summed E-state index contributed by atoms with van der Waals surface area (Å²) in [6, 6.07) is 3.55. The van der Waals surface area contributed by atoms with Crippen LogP contribution in [0.5, 0.6) is 0 Å². The van der Waals surface area contributed by atoms with Gasteiger partial charge in [-0.15, -0.1) is 11.3 Å². The molecule has 0 saturated carbocycles. The Labute approximate surface area is 105 Å². The molecule has 1 aromatic rings. The molecule has 0 aliphatic rings. The van der Waals surface area contributed by atoms with Gasteiger partial charge in [0.2, 0.25) is 5.91 Å². The van der Waals surface area contributed by atoms with Gasteiger partial charge in [-0.1, -0.05) is 25.8 Å². The number of carbonyl (C=O) groups excluding carboxylic acids is 2. The van der Waals surface area contributed by atoms with Crippen LogP contribution in [0.4, 0.5) is 0 Å². The highest BCUT2D eigenvalue weighted by molar-refractivity contribution is 7.12. The van der Waals surface area contributed by atoms with Crippen molar-refractivity contribution in [3.8, 4) is 0 Å². The minimum Gasteiger partial charge on any atom is -0.355 e. The second-order valence-corrected chi connectivity index (χ2v) is 4.66. The average Bonchev–Trinajstić information content (AvgIpc) is 2.85. The van der Waals surface area contributed by atoms with Crippen molar-refractivity contribution in [1.82, 2.24) is 10.6 Å². The Hall–Kier alpha value is -1.36. The first-order valence-electron chi connectivity index (χ1n) is 5.82. The molecule has 4 nitrogen and oxygen atoms in total. The van der Waals surface area contributed by atoms with Crippen LogP contribution in [-0.2, 0) is 4.79 Å².